The van der Waals surface area contributed by atoms with Crippen LogP contribution in [0, 0.1) is 13.8 Å². The highest BCUT2D eigenvalue weighted by atomic mass is 32.1. The van der Waals surface area contributed by atoms with Gasteiger partial charge in [-0.15, -0.1) is 11.3 Å². The van der Waals surface area contributed by atoms with E-state index in [0.717, 1.165) is 11.3 Å². The molecule has 0 unspecified atom stereocenters. The monoisotopic (exact) mass is 269 g/mol. The second-order valence-electron chi connectivity index (χ2n) is 4.28. The van der Waals surface area contributed by atoms with Crippen LogP contribution < -0.4 is 5.32 Å². The highest BCUT2D eigenvalue weighted by Crippen LogP contribution is 2.32. The minimum Gasteiger partial charge on any atom is -0.478 e. The van der Waals surface area contributed by atoms with E-state index in [1.54, 1.807) is 6.92 Å². The van der Waals surface area contributed by atoms with Crippen LogP contribution >= 0.6 is 11.3 Å². The number of aromatic carboxylic acids is 1. The summed E-state index contributed by atoms with van der Waals surface area (Å²) in [6.45, 7) is 4.18. The zero-order valence-electron chi connectivity index (χ0n) is 10.3. The number of amides is 1. The first-order valence-electron chi connectivity index (χ1n) is 5.76. The maximum Gasteiger partial charge on any atom is 0.338 e. The third-order valence-corrected chi connectivity index (χ3v) is 4.18. The van der Waals surface area contributed by atoms with Crippen molar-refractivity contribution in [2.45, 2.75) is 32.8 Å². The van der Waals surface area contributed by atoms with Crippen molar-refractivity contribution in [1.82, 2.24) is 0 Å². The number of anilines is 1. The van der Waals surface area contributed by atoms with Crippen molar-refractivity contribution in [1.29, 1.82) is 0 Å². The third-order valence-electron chi connectivity index (χ3n) is 3.06. The molecule has 0 aliphatic carbocycles. The van der Waals surface area contributed by atoms with Gasteiger partial charge < -0.3 is 15.2 Å². The van der Waals surface area contributed by atoms with Crippen LogP contribution in [0.2, 0.25) is 0 Å². The van der Waals surface area contributed by atoms with Crippen LogP contribution in [0.15, 0.2) is 0 Å². The molecule has 0 aromatic carbocycles. The van der Waals surface area contributed by atoms with Crippen molar-refractivity contribution >= 4 is 28.2 Å². The molecule has 1 saturated heterocycles. The van der Waals surface area contributed by atoms with E-state index >= 15 is 0 Å². The Morgan fingerprint density at radius 1 is 1.44 bits per heavy atom. The van der Waals surface area contributed by atoms with E-state index in [0.29, 0.717) is 23.6 Å². The molecular formula is C12H15NO4S. The predicted octanol–water partition coefficient (Wildman–Crippen LogP) is 2.18. The Hall–Kier alpha value is -1.40. The SMILES string of the molecule is Cc1sc(NC(=O)[C@@H]2CCCO2)c(C(=O)O)c1C. The van der Waals surface area contributed by atoms with Gasteiger partial charge in [-0.3, -0.25) is 4.79 Å². The lowest BCUT2D eigenvalue weighted by Gasteiger charge is -2.09. The molecule has 1 aliphatic heterocycles. The van der Waals surface area contributed by atoms with Crippen molar-refractivity contribution in [2.24, 2.45) is 0 Å². The molecule has 0 radical (unpaired) electrons. The van der Waals surface area contributed by atoms with Gasteiger partial charge in [0, 0.05) is 11.5 Å². The van der Waals surface area contributed by atoms with Crippen molar-refractivity contribution in [2.75, 3.05) is 11.9 Å². The average molecular weight is 269 g/mol. The fraction of sp³-hybridized carbons (Fsp3) is 0.500. The van der Waals surface area contributed by atoms with Crippen LogP contribution in [-0.2, 0) is 9.53 Å². The molecule has 1 aromatic heterocycles. The molecule has 18 heavy (non-hydrogen) atoms. The van der Waals surface area contributed by atoms with Gasteiger partial charge in [0.05, 0.1) is 5.56 Å². The second-order valence-corrected chi connectivity index (χ2v) is 5.51. The highest BCUT2D eigenvalue weighted by Gasteiger charge is 2.26. The van der Waals surface area contributed by atoms with E-state index in [9.17, 15) is 9.59 Å². The van der Waals surface area contributed by atoms with Gasteiger partial charge in [0.1, 0.15) is 11.1 Å². The number of ether oxygens (including phenoxy) is 1. The minimum atomic E-state index is -1.01. The van der Waals surface area contributed by atoms with E-state index in [1.165, 1.54) is 11.3 Å². The number of hydrogen-bond donors (Lipinski definition) is 2. The van der Waals surface area contributed by atoms with E-state index in [2.05, 4.69) is 5.32 Å². The number of carboxylic acids is 1. The molecule has 2 heterocycles. The smallest absolute Gasteiger partial charge is 0.338 e. The van der Waals surface area contributed by atoms with Gasteiger partial charge in [0.15, 0.2) is 0 Å². The molecule has 0 bridgehead atoms. The summed E-state index contributed by atoms with van der Waals surface area (Å²) in [6, 6.07) is 0. The molecule has 1 aliphatic rings. The first-order valence-corrected chi connectivity index (χ1v) is 6.58. The maximum atomic E-state index is 11.9. The van der Waals surface area contributed by atoms with Crippen molar-refractivity contribution < 1.29 is 19.4 Å². The number of aryl methyl sites for hydroxylation is 1. The molecular weight excluding hydrogens is 254 g/mol. The van der Waals surface area contributed by atoms with E-state index in [-0.39, 0.29) is 11.5 Å². The summed E-state index contributed by atoms with van der Waals surface area (Å²) in [5.41, 5.74) is 0.888. The summed E-state index contributed by atoms with van der Waals surface area (Å²) < 4.78 is 5.27. The van der Waals surface area contributed by atoms with Gasteiger partial charge in [-0.1, -0.05) is 0 Å². The molecule has 1 aromatic rings. The van der Waals surface area contributed by atoms with E-state index in [1.807, 2.05) is 6.92 Å². The molecule has 1 fully saturated rings. The number of carbonyl (C=O) groups excluding carboxylic acids is 1. The summed E-state index contributed by atoms with van der Waals surface area (Å²) in [5.74, 6) is -1.27. The first kappa shape index (κ1) is 13.0. The minimum absolute atomic E-state index is 0.184. The van der Waals surface area contributed by atoms with Crippen LogP contribution in [0.5, 0.6) is 0 Å². The fourth-order valence-corrected chi connectivity index (χ4v) is 3.00. The van der Waals surface area contributed by atoms with Gasteiger partial charge in [0.2, 0.25) is 0 Å². The van der Waals surface area contributed by atoms with Crippen molar-refractivity contribution in [3.8, 4) is 0 Å². The number of thiophene rings is 1. The Balaban J connectivity index is 2.20. The summed E-state index contributed by atoms with van der Waals surface area (Å²) >= 11 is 1.29. The molecule has 0 saturated carbocycles. The average Bonchev–Trinajstić information content (AvgIpc) is 2.88. The first-order chi connectivity index (χ1) is 8.50. The Morgan fingerprint density at radius 2 is 2.17 bits per heavy atom. The molecule has 6 heteroatoms. The van der Waals surface area contributed by atoms with Crippen LogP contribution in [0.1, 0.15) is 33.6 Å². The zero-order chi connectivity index (χ0) is 13.3. The predicted molar refractivity (Wildman–Crippen MR) is 68.4 cm³/mol. The Labute approximate surface area is 109 Å². The topological polar surface area (TPSA) is 75.6 Å². The largest absolute Gasteiger partial charge is 0.478 e. The van der Waals surface area contributed by atoms with Gasteiger partial charge >= 0.3 is 5.97 Å². The summed E-state index contributed by atoms with van der Waals surface area (Å²) in [6.07, 6.45) is 1.11. The lowest BCUT2D eigenvalue weighted by molar-refractivity contribution is -0.124. The van der Waals surface area contributed by atoms with Gasteiger partial charge in [-0.05, 0) is 32.3 Å². The Kier molecular flexibility index (Phi) is 3.68. The van der Waals surface area contributed by atoms with Gasteiger partial charge in [-0.25, -0.2) is 4.79 Å². The van der Waals surface area contributed by atoms with E-state index in [4.69, 9.17) is 9.84 Å². The molecule has 2 N–H and O–H groups in total. The Morgan fingerprint density at radius 3 is 2.72 bits per heavy atom. The summed E-state index contributed by atoms with van der Waals surface area (Å²) in [4.78, 5) is 24.0. The third kappa shape index (κ3) is 2.39. The number of nitrogens with one attached hydrogen (secondary N) is 1. The number of rotatable bonds is 3. The van der Waals surface area contributed by atoms with Gasteiger partial charge in [0.25, 0.3) is 5.91 Å². The van der Waals surface area contributed by atoms with Crippen molar-refractivity contribution in [3.63, 3.8) is 0 Å². The lowest BCUT2D eigenvalue weighted by Crippen LogP contribution is -2.27. The molecule has 98 valence electrons. The van der Waals surface area contributed by atoms with Crippen LogP contribution in [-0.4, -0.2) is 29.7 Å². The van der Waals surface area contributed by atoms with Crippen LogP contribution in [0.4, 0.5) is 5.00 Å². The quantitative estimate of drug-likeness (QED) is 0.882. The normalized spacial score (nSPS) is 18.9. The van der Waals surface area contributed by atoms with Gasteiger partial charge in [-0.2, -0.15) is 0 Å². The molecule has 2 rings (SSSR count). The van der Waals surface area contributed by atoms with Crippen molar-refractivity contribution in [3.05, 3.63) is 16.0 Å². The fourth-order valence-electron chi connectivity index (χ4n) is 1.95. The molecule has 0 spiro atoms. The van der Waals surface area contributed by atoms with E-state index < -0.39 is 12.1 Å². The highest BCUT2D eigenvalue weighted by molar-refractivity contribution is 7.16. The zero-order valence-corrected chi connectivity index (χ0v) is 11.1. The van der Waals surface area contributed by atoms with Crippen LogP contribution in [0.25, 0.3) is 0 Å². The second kappa shape index (κ2) is 5.07. The maximum absolute atomic E-state index is 11.9. The molecule has 5 nitrogen and oxygen atoms in total. The lowest BCUT2D eigenvalue weighted by atomic mass is 10.1. The summed E-state index contributed by atoms with van der Waals surface area (Å²) in [5, 5.41) is 12.2. The molecule has 1 amide bonds. The number of carbonyl (C=O) groups is 2. The van der Waals surface area contributed by atoms with Crippen LogP contribution in [0.3, 0.4) is 0 Å². The number of carboxylic acid groups (broad SMARTS) is 1. The summed E-state index contributed by atoms with van der Waals surface area (Å²) in [7, 11) is 0. The number of hydrogen-bond acceptors (Lipinski definition) is 4. The Bertz CT molecular complexity index is 489. The molecule has 1 atom stereocenters. The standard InChI is InChI=1S/C12H15NO4S/c1-6-7(2)18-11(9(6)12(15)16)13-10(14)8-4-3-5-17-8/h8H,3-5H2,1-2H3,(H,13,14)(H,15,16)/t8-/m0/s1.